The minimum atomic E-state index is -0.445. The lowest BCUT2D eigenvalue weighted by atomic mass is 9.85. The number of ether oxygens (including phenoxy) is 2. The highest BCUT2D eigenvalue weighted by Crippen LogP contribution is 2.29. The van der Waals surface area contributed by atoms with Gasteiger partial charge in [0.25, 0.3) is 0 Å². The lowest BCUT2D eigenvalue weighted by Gasteiger charge is -2.25. The van der Waals surface area contributed by atoms with Gasteiger partial charge in [-0.05, 0) is 47.5 Å². The van der Waals surface area contributed by atoms with Gasteiger partial charge < -0.3 is 9.47 Å². The van der Waals surface area contributed by atoms with Crippen LogP contribution in [0.2, 0.25) is 5.02 Å². The summed E-state index contributed by atoms with van der Waals surface area (Å²) in [4.78, 5) is 0. The number of para-hydroxylation sites is 1. The van der Waals surface area contributed by atoms with Gasteiger partial charge in [0.2, 0.25) is 0 Å². The fourth-order valence-electron chi connectivity index (χ4n) is 2.76. The lowest BCUT2D eigenvalue weighted by molar-refractivity contribution is 0.0823. The summed E-state index contributed by atoms with van der Waals surface area (Å²) in [5.74, 6) is -0.168. The van der Waals surface area contributed by atoms with Gasteiger partial charge in [-0.15, -0.1) is 0 Å². The van der Waals surface area contributed by atoms with Gasteiger partial charge in [0, 0.05) is 5.41 Å². The summed E-state index contributed by atoms with van der Waals surface area (Å²) in [5, 5.41) is 0.0896. The first-order valence-electron chi connectivity index (χ1n) is 8.90. The maximum Gasteiger partial charge on any atom is 0.165 e. The summed E-state index contributed by atoms with van der Waals surface area (Å²) in [5.41, 5.74) is 1.31. The molecule has 0 atom stereocenters. The third kappa shape index (κ3) is 5.09. The van der Waals surface area contributed by atoms with E-state index in [9.17, 15) is 8.78 Å². The van der Waals surface area contributed by atoms with E-state index in [1.165, 1.54) is 12.1 Å². The number of benzene rings is 3. The first kappa shape index (κ1) is 20.3. The van der Waals surface area contributed by atoms with Crippen LogP contribution in [-0.4, -0.2) is 6.61 Å². The molecule has 0 spiro atoms. The average molecular weight is 403 g/mol. The molecule has 28 heavy (non-hydrogen) atoms. The largest absolute Gasteiger partial charge is 0.454 e. The molecule has 0 saturated carbocycles. The van der Waals surface area contributed by atoms with Crippen molar-refractivity contribution in [1.29, 1.82) is 0 Å². The number of hydrogen-bond donors (Lipinski definition) is 0. The second-order valence-corrected chi connectivity index (χ2v) is 7.59. The molecule has 0 radical (unpaired) electrons. The monoisotopic (exact) mass is 402 g/mol. The van der Waals surface area contributed by atoms with Crippen molar-refractivity contribution in [2.24, 2.45) is 0 Å². The van der Waals surface area contributed by atoms with Crippen LogP contribution in [0.15, 0.2) is 66.7 Å². The van der Waals surface area contributed by atoms with Gasteiger partial charge in [0.05, 0.1) is 18.2 Å². The standard InChI is InChI=1S/C23H21ClF2O2/c1-23(2,17-9-11-20(25)19(24)13-17)15-27-14-16-8-10-21(26)22(12-16)28-18-6-4-3-5-7-18/h3-13H,14-15H2,1-2H3. The van der Waals surface area contributed by atoms with Crippen molar-refractivity contribution in [3.05, 3.63) is 94.5 Å². The van der Waals surface area contributed by atoms with Crippen LogP contribution in [0, 0.1) is 11.6 Å². The first-order valence-corrected chi connectivity index (χ1v) is 9.27. The van der Waals surface area contributed by atoms with Gasteiger partial charge in [0.1, 0.15) is 11.6 Å². The van der Waals surface area contributed by atoms with Gasteiger partial charge in [-0.3, -0.25) is 0 Å². The summed E-state index contributed by atoms with van der Waals surface area (Å²) in [6.45, 7) is 4.67. The molecule has 0 heterocycles. The van der Waals surface area contributed by atoms with E-state index in [1.807, 2.05) is 32.0 Å². The third-order valence-corrected chi connectivity index (χ3v) is 4.69. The number of rotatable bonds is 7. The molecule has 2 nitrogen and oxygen atoms in total. The van der Waals surface area contributed by atoms with Crippen molar-refractivity contribution < 1.29 is 18.3 Å². The topological polar surface area (TPSA) is 18.5 Å². The molecule has 0 fully saturated rings. The van der Waals surface area contributed by atoms with Gasteiger partial charge >= 0.3 is 0 Å². The molecule has 0 aromatic heterocycles. The average Bonchev–Trinajstić information content (AvgIpc) is 2.67. The van der Waals surface area contributed by atoms with E-state index >= 15 is 0 Å². The summed E-state index contributed by atoms with van der Waals surface area (Å²) in [6.07, 6.45) is 0. The molecule has 5 heteroatoms. The van der Waals surface area contributed by atoms with Crippen molar-refractivity contribution in [3.63, 3.8) is 0 Å². The first-order chi connectivity index (χ1) is 13.3. The molecule has 146 valence electrons. The molecular weight excluding hydrogens is 382 g/mol. The van der Waals surface area contributed by atoms with E-state index in [4.69, 9.17) is 21.1 Å². The van der Waals surface area contributed by atoms with Crippen LogP contribution in [0.4, 0.5) is 8.78 Å². The Labute approximate surface area is 168 Å². The Kier molecular flexibility index (Phi) is 6.32. The Balaban J connectivity index is 1.64. The fraction of sp³-hybridized carbons (Fsp3) is 0.217. The molecule has 3 aromatic rings. The van der Waals surface area contributed by atoms with Crippen molar-refractivity contribution in [3.8, 4) is 11.5 Å². The maximum absolute atomic E-state index is 14.0. The smallest absolute Gasteiger partial charge is 0.165 e. The Morgan fingerprint density at radius 2 is 1.61 bits per heavy atom. The number of halogens is 3. The van der Waals surface area contributed by atoms with Crippen LogP contribution in [0.25, 0.3) is 0 Å². The summed E-state index contributed by atoms with van der Waals surface area (Å²) in [7, 11) is 0. The minimum absolute atomic E-state index is 0.0896. The van der Waals surface area contributed by atoms with Crippen LogP contribution >= 0.6 is 11.6 Å². The van der Waals surface area contributed by atoms with Crippen molar-refractivity contribution in [1.82, 2.24) is 0 Å². The number of hydrogen-bond acceptors (Lipinski definition) is 2. The molecule has 3 aromatic carbocycles. The molecule has 0 saturated heterocycles. The molecule has 0 amide bonds. The van der Waals surface area contributed by atoms with E-state index in [0.717, 1.165) is 11.1 Å². The van der Waals surface area contributed by atoms with Crippen LogP contribution in [0.1, 0.15) is 25.0 Å². The van der Waals surface area contributed by atoms with Crippen LogP contribution < -0.4 is 4.74 Å². The molecule has 0 aliphatic heterocycles. The molecule has 0 bridgehead atoms. The molecule has 0 N–H and O–H groups in total. The highest BCUT2D eigenvalue weighted by molar-refractivity contribution is 6.30. The summed E-state index contributed by atoms with van der Waals surface area (Å²) >= 11 is 5.88. The lowest BCUT2D eigenvalue weighted by Crippen LogP contribution is -2.24. The minimum Gasteiger partial charge on any atom is -0.454 e. The Morgan fingerprint density at radius 1 is 0.893 bits per heavy atom. The van der Waals surface area contributed by atoms with E-state index in [1.54, 1.807) is 36.4 Å². The molecule has 3 rings (SSSR count). The quantitative estimate of drug-likeness (QED) is 0.427. The van der Waals surface area contributed by atoms with Crippen molar-refractivity contribution >= 4 is 11.6 Å². The Hall–Kier alpha value is -2.43. The highest BCUT2D eigenvalue weighted by Gasteiger charge is 2.22. The molecular formula is C23H21ClF2O2. The van der Waals surface area contributed by atoms with Crippen LogP contribution in [0.3, 0.4) is 0 Å². The highest BCUT2D eigenvalue weighted by atomic mass is 35.5. The zero-order chi connectivity index (χ0) is 20.1. The SMILES string of the molecule is CC(C)(COCc1ccc(F)c(Oc2ccccc2)c1)c1ccc(F)c(Cl)c1. The Morgan fingerprint density at radius 3 is 2.32 bits per heavy atom. The molecule has 0 aliphatic rings. The second-order valence-electron chi connectivity index (χ2n) is 7.19. The van der Waals surface area contributed by atoms with Gasteiger partial charge in [-0.2, -0.15) is 0 Å². The zero-order valence-corrected chi connectivity index (χ0v) is 16.5. The van der Waals surface area contributed by atoms with Gasteiger partial charge in [0.15, 0.2) is 11.6 Å². The van der Waals surface area contributed by atoms with E-state index in [-0.39, 0.29) is 16.2 Å². The molecule has 0 unspecified atom stereocenters. The third-order valence-electron chi connectivity index (χ3n) is 4.40. The zero-order valence-electron chi connectivity index (χ0n) is 15.7. The van der Waals surface area contributed by atoms with E-state index in [2.05, 4.69) is 0 Å². The summed E-state index contributed by atoms with van der Waals surface area (Å²) in [6, 6.07) is 18.4. The van der Waals surface area contributed by atoms with Crippen LogP contribution in [-0.2, 0) is 16.8 Å². The van der Waals surface area contributed by atoms with Crippen molar-refractivity contribution in [2.45, 2.75) is 25.9 Å². The Bertz CT molecular complexity index is 943. The fourth-order valence-corrected chi connectivity index (χ4v) is 2.94. The second kappa shape index (κ2) is 8.72. The van der Waals surface area contributed by atoms with Gasteiger partial charge in [-0.25, -0.2) is 8.78 Å². The molecule has 0 aliphatic carbocycles. The van der Waals surface area contributed by atoms with Gasteiger partial charge in [-0.1, -0.05) is 55.8 Å². The van der Waals surface area contributed by atoms with Crippen LogP contribution in [0.5, 0.6) is 11.5 Å². The normalized spacial score (nSPS) is 11.5. The van der Waals surface area contributed by atoms with E-state index < -0.39 is 11.6 Å². The predicted octanol–water partition coefficient (Wildman–Crippen LogP) is 6.90. The predicted molar refractivity (Wildman–Crippen MR) is 107 cm³/mol. The maximum atomic E-state index is 14.0. The van der Waals surface area contributed by atoms with Crippen molar-refractivity contribution in [2.75, 3.05) is 6.61 Å². The summed E-state index contributed by atoms with van der Waals surface area (Å²) < 4.78 is 38.9. The van der Waals surface area contributed by atoms with E-state index in [0.29, 0.717) is 19.0 Å².